The highest BCUT2D eigenvalue weighted by molar-refractivity contribution is 7.32. The molecule has 0 aliphatic carbocycles. The van der Waals surface area contributed by atoms with Crippen LogP contribution in [0.15, 0.2) is 138 Å². The summed E-state index contributed by atoms with van der Waals surface area (Å²) in [5, 5.41) is 8.09. The van der Waals surface area contributed by atoms with Gasteiger partial charge < -0.3 is 25.8 Å². The van der Waals surface area contributed by atoms with Crippen molar-refractivity contribution >= 4 is 81.9 Å². The molecule has 2 heterocycles. The van der Waals surface area contributed by atoms with Crippen molar-refractivity contribution in [1.29, 1.82) is 0 Å². The molecule has 0 aliphatic rings. The van der Waals surface area contributed by atoms with E-state index in [1.54, 1.807) is 0 Å². The van der Waals surface area contributed by atoms with E-state index in [9.17, 15) is 0 Å². The second-order valence-electron chi connectivity index (χ2n) is 24.0. The van der Waals surface area contributed by atoms with E-state index >= 15 is 0 Å². The van der Waals surface area contributed by atoms with E-state index in [2.05, 4.69) is 220 Å². The molecule has 8 aromatic carbocycles. The summed E-state index contributed by atoms with van der Waals surface area (Å²) in [7, 11) is -4.13. The Bertz CT molecular complexity index is 3480. The summed E-state index contributed by atoms with van der Waals surface area (Å²) < 4.78 is 42.9. The van der Waals surface area contributed by atoms with Gasteiger partial charge in [-0.3, -0.25) is 0 Å². The van der Waals surface area contributed by atoms with Crippen LogP contribution in [0.5, 0.6) is 11.5 Å². The van der Waals surface area contributed by atoms with E-state index in [0.717, 1.165) is 98.8 Å². The zero-order chi connectivity index (χ0) is 51.4. The summed E-state index contributed by atoms with van der Waals surface area (Å²) in [6.07, 6.45) is 0. The number of fused-ring (bicyclic) bond motifs is 8. The lowest BCUT2D eigenvalue weighted by molar-refractivity contribution is 0.493. The molecule has 0 fully saturated rings. The van der Waals surface area contributed by atoms with Crippen molar-refractivity contribution in [1.82, 2.24) is 0 Å². The highest BCUT2D eigenvalue weighted by Gasteiger charge is 2.27. The van der Waals surface area contributed by atoms with Crippen LogP contribution in [0.1, 0.15) is 128 Å². The maximum absolute atomic E-state index is 7.27. The molecule has 0 atom stereocenters. The maximum atomic E-state index is 7.27. The van der Waals surface area contributed by atoms with Gasteiger partial charge in [0, 0.05) is 32.7 Å². The first-order valence-corrected chi connectivity index (χ1v) is 27.4. The van der Waals surface area contributed by atoms with E-state index in [0.29, 0.717) is 11.5 Å². The van der Waals surface area contributed by atoms with Crippen molar-refractivity contribution in [2.75, 3.05) is 0 Å². The highest BCUT2D eigenvalue weighted by Crippen LogP contribution is 2.52. The molecule has 10 rings (SSSR count). The van der Waals surface area contributed by atoms with Crippen molar-refractivity contribution < 1.29 is 25.8 Å². The van der Waals surface area contributed by atoms with E-state index in [1.165, 1.54) is 22.3 Å². The van der Waals surface area contributed by atoms with Gasteiger partial charge in [-0.1, -0.05) is 168 Å². The fourth-order valence-electron chi connectivity index (χ4n) is 9.85. The summed E-state index contributed by atoms with van der Waals surface area (Å²) >= 11 is 0. The Kier molecular flexibility index (Phi) is 12.1. The van der Waals surface area contributed by atoms with Crippen LogP contribution in [0.25, 0.3) is 76.5 Å². The zero-order valence-corrected chi connectivity index (χ0v) is 46.7. The summed E-state index contributed by atoms with van der Waals surface area (Å²) in [5.74, 6) is 1.20. The third kappa shape index (κ3) is 9.11. The number of benzene rings is 8. The maximum Gasteiger partial charge on any atom is 0.453 e. The van der Waals surface area contributed by atoms with E-state index in [4.69, 9.17) is 25.8 Å². The van der Waals surface area contributed by atoms with Gasteiger partial charge in [-0.15, -0.1) is 0 Å². The monoisotopic (exact) mass is 994 g/mol. The molecular formula is C64H68O6P2. The van der Waals surface area contributed by atoms with Gasteiger partial charge >= 0.3 is 16.5 Å². The van der Waals surface area contributed by atoms with Crippen LogP contribution in [0, 0.1) is 27.7 Å². The van der Waals surface area contributed by atoms with Gasteiger partial charge in [0.2, 0.25) is 0 Å². The van der Waals surface area contributed by atoms with Gasteiger partial charge in [-0.05, 0) is 152 Å². The van der Waals surface area contributed by atoms with Crippen LogP contribution >= 0.6 is 16.5 Å². The third-order valence-electron chi connectivity index (χ3n) is 14.2. The molecule has 0 unspecified atom stereocenters. The Morgan fingerprint density at radius 2 is 0.583 bits per heavy atom. The Labute approximate surface area is 426 Å². The van der Waals surface area contributed by atoms with Crippen molar-refractivity contribution in [3.8, 4) is 22.6 Å². The number of rotatable bonds is 5. The highest BCUT2D eigenvalue weighted by atomic mass is 31.1. The quantitative estimate of drug-likeness (QED) is 0.171. The Hall–Kier alpha value is -6.32. The predicted molar refractivity (Wildman–Crippen MR) is 305 cm³/mol. The molecule has 0 spiro atoms. The second kappa shape index (κ2) is 17.7. The minimum absolute atomic E-state index is 0.0898. The first-order valence-electron chi connectivity index (χ1n) is 25.2. The lowest BCUT2D eigenvalue weighted by atomic mass is 9.83. The molecule has 370 valence electrons. The van der Waals surface area contributed by atoms with Crippen LogP contribution in [0.3, 0.4) is 0 Å². The first-order chi connectivity index (χ1) is 33.8. The van der Waals surface area contributed by atoms with Crippen LogP contribution in [-0.4, -0.2) is 0 Å². The normalized spacial score (nSPS) is 12.7. The molecule has 0 radical (unpaired) electrons. The fourth-order valence-corrected chi connectivity index (χ4v) is 12.3. The fraction of sp³-hybridized carbons (Fsp3) is 0.312. The molecule has 0 bridgehead atoms. The average Bonchev–Trinajstić information content (AvgIpc) is 3.57. The van der Waals surface area contributed by atoms with Gasteiger partial charge in [0.15, 0.2) is 0 Å². The molecule has 10 aromatic rings. The summed E-state index contributed by atoms with van der Waals surface area (Å²) in [4.78, 5) is 0. The molecule has 0 saturated carbocycles. The van der Waals surface area contributed by atoms with Gasteiger partial charge in [0.05, 0.1) is 0 Å². The number of hydrogen-bond donors (Lipinski definition) is 0. The molecule has 0 saturated heterocycles. The molecular weight excluding hydrogens is 927 g/mol. The Balaban J connectivity index is 1.25. The van der Waals surface area contributed by atoms with Gasteiger partial charge in [-0.2, -0.15) is 0 Å². The third-order valence-corrected chi connectivity index (χ3v) is 16.2. The lowest BCUT2D eigenvalue weighted by Crippen LogP contribution is -2.12. The van der Waals surface area contributed by atoms with Crippen LogP contribution in [-0.2, 0) is 21.7 Å². The minimum atomic E-state index is -2.06. The molecule has 8 heteroatoms. The second-order valence-corrected chi connectivity index (χ2v) is 26.0. The van der Waals surface area contributed by atoms with E-state index < -0.39 is 16.5 Å². The molecule has 72 heavy (non-hydrogen) atoms. The van der Waals surface area contributed by atoms with Gasteiger partial charge in [-0.25, -0.2) is 0 Å². The van der Waals surface area contributed by atoms with E-state index in [-0.39, 0.29) is 21.7 Å². The molecule has 0 N–H and O–H groups in total. The van der Waals surface area contributed by atoms with Gasteiger partial charge in [0.1, 0.15) is 33.8 Å². The minimum Gasteiger partial charge on any atom is -0.390 e. The van der Waals surface area contributed by atoms with Crippen LogP contribution in [0.4, 0.5) is 0 Å². The lowest BCUT2D eigenvalue weighted by Gasteiger charge is -2.21. The van der Waals surface area contributed by atoms with Crippen molar-refractivity contribution in [2.45, 2.75) is 132 Å². The smallest absolute Gasteiger partial charge is 0.390 e. The molecule has 0 amide bonds. The topological polar surface area (TPSA) is 71.0 Å². The predicted octanol–water partition coefficient (Wildman–Crippen LogP) is 21.0. The summed E-state index contributed by atoms with van der Waals surface area (Å²) in [5.41, 5.74) is 13.4. The number of aryl methyl sites for hydroxylation is 4. The first kappa shape index (κ1) is 49.3. The largest absolute Gasteiger partial charge is 0.453 e. The SMILES string of the molecule is Cc1cc(C(C)(C)C)cc2c1op(Oc1ccc3ccccc3c1-c1c(Op3oc4c(C)cc(C(C)(C)C)cc4c4cc(C(C)(C)C)cc(C)c4o3)ccc3ccccc13)oc1c(C)cc(C(C)(C)C)cc12. The van der Waals surface area contributed by atoms with Crippen molar-refractivity contribution in [2.24, 2.45) is 0 Å². The van der Waals surface area contributed by atoms with E-state index in [1.807, 2.05) is 12.1 Å². The standard InChI is InChI=1S/C64H68O6P2/c1-37-29-43(61(5,6)7)33-49-50-34-44(62(8,9)10)30-38(2)58(50)68-71(67-57(37)49)65-53-27-25-41-21-17-19-23-47(41)55(53)56-48-24-20-18-22-42(48)26-28-54(56)66-72-69-59-39(3)31-45(63(11,12)13)35-51(59)52-36-46(64(14,15)16)32-40(4)60(52)70-72/h17-36H,1-16H3. The van der Waals surface area contributed by atoms with Gasteiger partial charge in [0.25, 0.3) is 0 Å². The van der Waals surface area contributed by atoms with Crippen molar-refractivity contribution in [3.05, 3.63) is 166 Å². The molecule has 6 nitrogen and oxygen atoms in total. The van der Waals surface area contributed by atoms with Crippen LogP contribution < -0.4 is 9.05 Å². The summed E-state index contributed by atoms with van der Waals surface area (Å²) in [6, 6.07) is 43.2. The Morgan fingerprint density at radius 1 is 0.319 bits per heavy atom. The average molecular weight is 995 g/mol. The summed E-state index contributed by atoms with van der Waals surface area (Å²) in [6.45, 7) is 35.5. The molecule has 0 aliphatic heterocycles. The van der Waals surface area contributed by atoms with Crippen molar-refractivity contribution in [3.63, 3.8) is 0 Å². The van der Waals surface area contributed by atoms with Crippen LogP contribution in [0.2, 0.25) is 0 Å². The molecule has 2 aromatic heterocycles. The number of hydrogen-bond acceptors (Lipinski definition) is 6. The Morgan fingerprint density at radius 3 is 0.847 bits per heavy atom. The zero-order valence-electron chi connectivity index (χ0n) is 44.9.